The van der Waals surface area contributed by atoms with Crippen molar-refractivity contribution >= 4 is 0 Å². The van der Waals surface area contributed by atoms with E-state index in [0.717, 1.165) is 29.0 Å². The van der Waals surface area contributed by atoms with Crippen LogP contribution in [0.4, 0.5) is 0 Å². The first-order chi connectivity index (χ1) is 9.26. The molecule has 0 saturated carbocycles. The summed E-state index contributed by atoms with van der Waals surface area (Å²) in [4.78, 5) is 0. The molecule has 2 heteroatoms. The summed E-state index contributed by atoms with van der Waals surface area (Å²) in [7, 11) is 0. The Bertz CT molecular complexity index is 602. The van der Waals surface area contributed by atoms with Gasteiger partial charge in [0.2, 0.25) is 0 Å². The molecule has 0 aliphatic heterocycles. The van der Waals surface area contributed by atoms with E-state index in [1.54, 1.807) is 0 Å². The molecule has 98 valence electrons. The summed E-state index contributed by atoms with van der Waals surface area (Å²) < 4.78 is 5.92. The molecule has 0 bridgehead atoms. The molecule has 0 saturated heterocycles. The van der Waals surface area contributed by atoms with Gasteiger partial charge in [0, 0.05) is 5.56 Å². The SMILES string of the molecule is Cc1ccc(Oc2ccc3c(c2)CCC3)c(CO)c1. The number of aliphatic hydroxyl groups excluding tert-OH is 1. The van der Waals surface area contributed by atoms with Gasteiger partial charge in [-0.1, -0.05) is 23.8 Å². The Morgan fingerprint density at radius 1 is 1.05 bits per heavy atom. The molecule has 0 fully saturated rings. The normalized spacial score (nSPS) is 13.4. The highest BCUT2D eigenvalue weighted by molar-refractivity contribution is 5.43. The summed E-state index contributed by atoms with van der Waals surface area (Å²) in [5.41, 5.74) is 4.81. The molecule has 1 aliphatic rings. The van der Waals surface area contributed by atoms with Crippen LogP contribution in [0.3, 0.4) is 0 Å². The molecule has 0 aromatic heterocycles. The van der Waals surface area contributed by atoms with Gasteiger partial charge >= 0.3 is 0 Å². The lowest BCUT2D eigenvalue weighted by atomic mass is 10.1. The topological polar surface area (TPSA) is 29.5 Å². The molecule has 0 radical (unpaired) electrons. The third-order valence-electron chi connectivity index (χ3n) is 3.68. The smallest absolute Gasteiger partial charge is 0.132 e. The van der Waals surface area contributed by atoms with Crippen LogP contribution in [0.2, 0.25) is 0 Å². The zero-order chi connectivity index (χ0) is 13.2. The van der Waals surface area contributed by atoms with E-state index < -0.39 is 0 Å². The van der Waals surface area contributed by atoms with Gasteiger partial charge in [-0.3, -0.25) is 0 Å². The summed E-state index contributed by atoms with van der Waals surface area (Å²) in [6.07, 6.45) is 3.57. The van der Waals surface area contributed by atoms with E-state index >= 15 is 0 Å². The predicted octanol–water partition coefficient (Wildman–Crippen LogP) is 3.77. The van der Waals surface area contributed by atoms with E-state index in [0.29, 0.717) is 0 Å². The van der Waals surface area contributed by atoms with Crippen LogP contribution in [-0.4, -0.2) is 5.11 Å². The number of ether oxygens (including phenoxy) is 1. The number of hydrogen-bond acceptors (Lipinski definition) is 2. The van der Waals surface area contributed by atoms with Gasteiger partial charge in [-0.05, 0) is 55.5 Å². The minimum Gasteiger partial charge on any atom is -0.457 e. The molecule has 2 nitrogen and oxygen atoms in total. The highest BCUT2D eigenvalue weighted by Crippen LogP contribution is 2.30. The molecule has 1 N–H and O–H groups in total. The third-order valence-corrected chi connectivity index (χ3v) is 3.68. The molecule has 0 heterocycles. The third kappa shape index (κ3) is 2.49. The summed E-state index contributed by atoms with van der Waals surface area (Å²) >= 11 is 0. The van der Waals surface area contributed by atoms with Gasteiger partial charge in [0.1, 0.15) is 11.5 Å². The van der Waals surface area contributed by atoms with Gasteiger partial charge < -0.3 is 9.84 Å². The average molecular weight is 254 g/mol. The van der Waals surface area contributed by atoms with Crippen molar-refractivity contribution in [3.63, 3.8) is 0 Å². The van der Waals surface area contributed by atoms with Crippen molar-refractivity contribution in [1.29, 1.82) is 0 Å². The predicted molar refractivity (Wildman–Crippen MR) is 75.6 cm³/mol. The van der Waals surface area contributed by atoms with Crippen molar-refractivity contribution in [3.05, 3.63) is 58.7 Å². The molecule has 0 atom stereocenters. The molecular formula is C17H18O2. The Labute approximate surface area is 113 Å². The second-order valence-corrected chi connectivity index (χ2v) is 5.16. The number of hydrogen-bond donors (Lipinski definition) is 1. The Morgan fingerprint density at radius 2 is 1.89 bits per heavy atom. The number of rotatable bonds is 3. The molecule has 3 rings (SSSR count). The maximum absolute atomic E-state index is 9.40. The first kappa shape index (κ1) is 12.2. The van der Waals surface area contributed by atoms with Gasteiger partial charge in [0.15, 0.2) is 0 Å². The van der Waals surface area contributed by atoms with Crippen LogP contribution in [0.5, 0.6) is 11.5 Å². The van der Waals surface area contributed by atoms with Crippen molar-refractivity contribution in [1.82, 2.24) is 0 Å². The molecular weight excluding hydrogens is 236 g/mol. The van der Waals surface area contributed by atoms with E-state index in [1.165, 1.54) is 24.0 Å². The van der Waals surface area contributed by atoms with Gasteiger partial charge in [-0.2, -0.15) is 0 Å². The molecule has 0 unspecified atom stereocenters. The fourth-order valence-corrected chi connectivity index (χ4v) is 2.67. The number of aliphatic hydroxyl groups is 1. The molecule has 1 aliphatic carbocycles. The first-order valence-electron chi connectivity index (χ1n) is 6.76. The second kappa shape index (κ2) is 5.06. The van der Waals surface area contributed by atoms with E-state index in [9.17, 15) is 5.11 Å². The fourth-order valence-electron chi connectivity index (χ4n) is 2.67. The monoisotopic (exact) mass is 254 g/mol. The highest BCUT2D eigenvalue weighted by Gasteiger charge is 2.12. The Morgan fingerprint density at radius 3 is 2.74 bits per heavy atom. The number of fused-ring (bicyclic) bond motifs is 1. The Balaban J connectivity index is 1.89. The lowest BCUT2D eigenvalue weighted by molar-refractivity contribution is 0.276. The largest absolute Gasteiger partial charge is 0.457 e. The molecule has 2 aromatic carbocycles. The lowest BCUT2D eigenvalue weighted by Crippen LogP contribution is -1.93. The maximum Gasteiger partial charge on any atom is 0.132 e. The summed E-state index contributed by atoms with van der Waals surface area (Å²) in [5.74, 6) is 1.60. The summed E-state index contributed by atoms with van der Waals surface area (Å²) in [5, 5.41) is 9.40. The van der Waals surface area contributed by atoms with E-state index in [4.69, 9.17) is 4.74 Å². The summed E-state index contributed by atoms with van der Waals surface area (Å²) in [6.45, 7) is 2.01. The van der Waals surface area contributed by atoms with Crippen LogP contribution >= 0.6 is 0 Å². The standard InChI is InChI=1S/C17H18O2/c1-12-5-8-17(15(9-12)11-18)19-16-7-6-13-3-2-4-14(13)10-16/h5-10,18H,2-4,11H2,1H3. The first-order valence-corrected chi connectivity index (χ1v) is 6.76. The molecule has 2 aromatic rings. The van der Waals surface area contributed by atoms with Crippen molar-refractivity contribution in [2.75, 3.05) is 0 Å². The minimum atomic E-state index is 0.00194. The van der Waals surface area contributed by atoms with Crippen molar-refractivity contribution in [2.45, 2.75) is 32.8 Å². The van der Waals surface area contributed by atoms with Gasteiger partial charge in [-0.25, -0.2) is 0 Å². The van der Waals surface area contributed by atoms with E-state index in [-0.39, 0.29) is 6.61 Å². The van der Waals surface area contributed by atoms with Crippen molar-refractivity contribution in [2.24, 2.45) is 0 Å². The lowest BCUT2D eigenvalue weighted by Gasteiger charge is -2.11. The summed E-state index contributed by atoms with van der Waals surface area (Å²) in [6, 6.07) is 12.2. The second-order valence-electron chi connectivity index (χ2n) is 5.16. The minimum absolute atomic E-state index is 0.00194. The Kier molecular flexibility index (Phi) is 3.26. The molecule has 0 spiro atoms. The quantitative estimate of drug-likeness (QED) is 0.903. The molecule has 0 amide bonds. The van der Waals surface area contributed by atoms with Crippen molar-refractivity contribution < 1.29 is 9.84 Å². The van der Waals surface area contributed by atoms with Gasteiger partial charge in [0.25, 0.3) is 0 Å². The van der Waals surface area contributed by atoms with Gasteiger partial charge in [-0.15, -0.1) is 0 Å². The van der Waals surface area contributed by atoms with Crippen LogP contribution in [0.15, 0.2) is 36.4 Å². The Hall–Kier alpha value is -1.80. The van der Waals surface area contributed by atoms with Crippen LogP contribution in [0.25, 0.3) is 0 Å². The maximum atomic E-state index is 9.40. The zero-order valence-electron chi connectivity index (χ0n) is 11.1. The number of benzene rings is 2. The van der Waals surface area contributed by atoms with Crippen LogP contribution in [0, 0.1) is 6.92 Å². The zero-order valence-corrected chi connectivity index (χ0v) is 11.1. The fraction of sp³-hybridized carbons (Fsp3) is 0.294. The molecule has 19 heavy (non-hydrogen) atoms. The average Bonchev–Trinajstić information content (AvgIpc) is 2.88. The van der Waals surface area contributed by atoms with Gasteiger partial charge in [0.05, 0.1) is 6.61 Å². The number of aryl methyl sites for hydroxylation is 3. The highest BCUT2D eigenvalue weighted by atomic mass is 16.5. The van der Waals surface area contributed by atoms with Crippen LogP contribution < -0.4 is 4.74 Å². The van der Waals surface area contributed by atoms with Crippen LogP contribution in [-0.2, 0) is 19.4 Å². The van der Waals surface area contributed by atoms with Crippen LogP contribution in [0.1, 0.15) is 28.7 Å². The van der Waals surface area contributed by atoms with Crippen molar-refractivity contribution in [3.8, 4) is 11.5 Å². The van der Waals surface area contributed by atoms with E-state index in [1.807, 2.05) is 31.2 Å². The van der Waals surface area contributed by atoms with E-state index in [2.05, 4.69) is 12.1 Å².